The van der Waals surface area contributed by atoms with Crippen LogP contribution in [0.2, 0.25) is 36.3 Å². The molecule has 0 aromatic rings. The van der Waals surface area contributed by atoms with E-state index in [9.17, 15) is 5.11 Å². The summed E-state index contributed by atoms with van der Waals surface area (Å²) >= 11 is 0. The van der Waals surface area contributed by atoms with Crippen molar-refractivity contribution in [3.8, 4) is 11.8 Å². The number of hydrogen-bond acceptors (Lipinski definition) is 4. The van der Waals surface area contributed by atoms with Crippen LogP contribution >= 0.6 is 0 Å². The van der Waals surface area contributed by atoms with Crippen molar-refractivity contribution in [1.29, 1.82) is 0 Å². The summed E-state index contributed by atoms with van der Waals surface area (Å²) in [5.74, 6) is 8.73. The molecule has 0 heterocycles. The monoisotopic (exact) mass is 590 g/mol. The van der Waals surface area contributed by atoms with Gasteiger partial charge in [0.25, 0.3) is 0 Å². The zero-order chi connectivity index (χ0) is 30.0. The van der Waals surface area contributed by atoms with Crippen LogP contribution in [0.15, 0.2) is 11.6 Å². The Morgan fingerprint density at radius 1 is 0.975 bits per heavy atom. The Bertz CT molecular complexity index is 926. The number of aliphatic hydroxyl groups is 1. The van der Waals surface area contributed by atoms with Gasteiger partial charge in [-0.1, -0.05) is 78.7 Å². The third-order valence-electron chi connectivity index (χ3n) is 11.3. The molecule has 0 aromatic carbocycles. The molecule has 3 rings (SSSR count). The number of ether oxygens (including phenoxy) is 1. The molecule has 40 heavy (non-hydrogen) atoms. The van der Waals surface area contributed by atoms with Gasteiger partial charge in [-0.25, -0.2) is 0 Å². The van der Waals surface area contributed by atoms with E-state index in [1.165, 1.54) is 37.7 Å². The van der Waals surface area contributed by atoms with Crippen LogP contribution in [0.1, 0.15) is 106 Å². The molecule has 5 atom stereocenters. The van der Waals surface area contributed by atoms with E-state index < -0.39 is 16.6 Å². The molecular weight excluding hydrogens is 529 g/mol. The summed E-state index contributed by atoms with van der Waals surface area (Å²) in [6.45, 7) is 23.7. The molecule has 3 saturated carbocycles. The number of aliphatic hydroxyl groups excluding tert-OH is 1. The van der Waals surface area contributed by atoms with Crippen molar-refractivity contribution in [2.45, 2.75) is 160 Å². The second-order valence-electron chi connectivity index (χ2n) is 16.0. The van der Waals surface area contributed by atoms with Gasteiger partial charge in [-0.2, -0.15) is 0 Å². The molecule has 4 nitrogen and oxygen atoms in total. The van der Waals surface area contributed by atoms with Crippen molar-refractivity contribution in [2.24, 2.45) is 17.8 Å². The molecule has 0 saturated heterocycles. The summed E-state index contributed by atoms with van der Waals surface area (Å²) in [7, 11) is -2.05. The fourth-order valence-electron chi connectivity index (χ4n) is 6.48. The molecule has 230 valence electrons. The number of fused-ring (bicyclic) bond motifs is 1. The largest absolute Gasteiger partial charge is 0.413 e. The van der Waals surface area contributed by atoms with Crippen LogP contribution in [0.3, 0.4) is 0 Å². The highest BCUT2D eigenvalue weighted by Crippen LogP contribution is 2.58. The molecule has 0 spiro atoms. The molecule has 3 aliphatic carbocycles. The van der Waals surface area contributed by atoms with Gasteiger partial charge in [-0.15, -0.1) is 0 Å². The van der Waals surface area contributed by atoms with Gasteiger partial charge < -0.3 is 18.7 Å². The molecule has 0 bridgehead atoms. The van der Waals surface area contributed by atoms with Gasteiger partial charge in [-0.05, 0) is 92.7 Å². The van der Waals surface area contributed by atoms with E-state index >= 15 is 0 Å². The van der Waals surface area contributed by atoms with Gasteiger partial charge in [0.15, 0.2) is 16.6 Å². The van der Waals surface area contributed by atoms with E-state index in [-0.39, 0.29) is 40.4 Å². The molecular formula is C34H62O4Si2. The van der Waals surface area contributed by atoms with Crippen LogP contribution in [0.4, 0.5) is 0 Å². The fourth-order valence-corrected chi connectivity index (χ4v) is 9.10. The normalized spacial score (nSPS) is 30.3. The lowest BCUT2D eigenvalue weighted by molar-refractivity contribution is -0.136. The summed E-state index contributed by atoms with van der Waals surface area (Å²) < 4.78 is 20.6. The lowest BCUT2D eigenvalue weighted by Crippen LogP contribution is -2.61. The number of rotatable bonds is 9. The summed E-state index contributed by atoms with van der Waals surface area (Å²) in [6, 6.07) is 0. The van der Waals surface area contributed by atoms with Crippen LogP contribution in [0.25, 0.3) is 0 Å². The molecule has 0 aliphatic heterocycles. The van der Waals surface area contributed by atoms with Crippen molar-refractivity contribution in [2.75, 3.05) is 13.7 Å². The third kappa shape index (κ3) is 7.37. The Morgan fingerprint density at radius 3 is 2.15 bits per heavy atom. The Balaban J connectivity index is 1.99. The van der Waals surface area contributed by atoms with Gasteiger partial charge in [0.2, 0.25) is 0 Å². The first kappa shape index (κ1) is 34.1. The fraction of sp³-hybridized carbons (Fsp3) is 0.882. The van der Waals surface area contributed by atoms with E-state index in [0.717, 1.165) is 32.1 Å². The van der Waals surface area contributed by atoms with Crippen LogP contribution in [-0.4, -0.2) is 53.3 Å². The maximum absolute atomic E-state index is 9.33. The first-order valence-corrected chi connectivity index (χ1v) is 22.0. The number of methoxy groups -OCH3 is 1. The van der Waals surface area contributed by atoms with E-state index in [0.29, 0.717) is 11.8 Å². The average molecular weight is 591 g/mol. The van der Waals surface area contributed by atoms with Crippen molar-refractivity contribution in [1.82, 2.24) is 0 Å². The van der Waals surface area contributed by atoms with E-state index in [1.54, 1.807) is 0 Å². The summed E-state index contributed by atoms with van der Waals surface area (Å²) in [6.07, 6.45) is 13.6. The predicted octanol–water partition coefficient (Wildman–Crippen LogP) is 8.86. The summed E-state index contributed by atoms with van der Waals surface area (Å²) in [5, 5.41) is 9.65. The zero-order valence-electron chi connectivity index (χ0n) is 27.9. The minimum atomic E-state index is -1.97. The lowest BCUT2D eigenvalue weighted by atomic mass is 9.53. The van der Waals surface area contributed by atoms with Crippen molar-refractivity contribution < 1.29 is 18.7 Å². The van der Waals surface area contributed by atoms with Crippen LogP contribution < -0.4 is 0 Å². The van der Waals surface area contributed by atoms with Crippen molar-refractivity contribution in [3.63, 3.8) is 0 Å². The van der Waals surface area contributed by atoms with Crippen LogP contribution in [0.5, 0.6) is 0 Å². The highest BCUT2D eigenvalue weighted by atomic mass is 28.4. The number of hydrogen-bond donors (Lipinski definition) is 1. The molecule has 0 amide bonds. The lowest BCUT2D eigenvalue weighted by Gasteiger charge is -2.59. The molecule has 1 unspecified atom stereocenters. The minimum absolute atomic E-state index is 0.00762. The molecule has 3 aliphatic rings. The number of unbranched alkanes of at least 4 members (excludes halogenated alkanes) is 1. The van der Waals surface area contributed by atoms with E-state index in [2.05, 4.69) is 85.6 Å². The highest BCUT2D eigenvalue weighted by Gasteiger charge is 2.59. The molecule has 0 aromatic heterocycles. The minimum Gasteiger partial charge on any atom is -0.413 e. The summed E-state index contributed by atoms with van der Waals surface area (Å²) in [5.41, 5.74) is 1.18. The molecule has 0 radical (unpaired) electrons. The topological polar surface area (TPSA) is 47.9 Å². The van der Waals surface area contributed by atoms with Gasteiger partial charge in [0.05, 0.1) is 17.6 Å². The second-order valence-corrected chi connectivity index (χ2v) is 25.5. The van der Waals surface area contributed by atoms with Crippen LogP contribution in [0, 0.1) is 29.6 Å². The van der Waals surface area contributed by atoms with E-state index in [1.807, 2.05) is 7.11 Å². The first-order chi connectivity index (χ1) is 18.5. The average Bonchev–Trinajstić information content (AvgIpc) is 2.85. The maximum Gasteiger partial charge on any atom is 0.193 e. The Hall–Kier alpha value is -0.426. The SMILES string of the molecule is CO[C@@]12CC[C@H](O[Si](C)(C)C(C)(C)C)[C@@H](C#CC(O[Si](C)(C)C(C)(C)C)C3CCCCC3)[C@@H]1C/C2=C/CCCO. The Labute approximate surface area is 249 Å². The quantitative estimate of drug-likeness (QED) is 0.126. The maximum atomic E-state index is 9.33. The summed E-state index contributed by atoms with van der Waals surface area (Å²) in [4.78, 5) is 0. The van der Waals surface area contributed by atoms with Gasteiger partial charge in [-0.3, -0.25) is 0 Å². The predicted molar refractivity (Wildman–Crippen MR) is 173 cm³/mol. The Morgan fingerprint density at radius 2 is 1.60 bits per heavy atom. The zero-order valence-corrected chi connectivity index (χ0v) is 29.9. The third-order valence-corrected chi connectivity index (χ3v) is 20.2. The van der Waals surface area contributed by atoms with Crippen molar-refractivity contribution in [3.05, 3.63) is 11.6 Å². The van der Waals surface area contributed by atoms with Gasteiger partial charge >= 0.3 is 0 Å². The molecule has 6 heteroatoms. The Kier molecular flexibility index (Phi) is 11.1. The highest BCUT2D eigenvalue weighted by molar-refractivity contribution is 6.74. The molecule has 1 N–H and O–H groups in total. The van der Waals surface area contributed by atoms with Gasteiger partial charge in [0.1, 0.15) is 6.10 Å². The van der Waals surface area contributed by atoms with Gasteiger partial charge in [0, 0.05) is 19.6 Å². The standard InChI is InChI=1S/C34H62O4Si2/c1-32(2,3)39(8,9)37-30(26-17-13-12-14-18-26)21-20-28-29-25-27(19-15-16-24-35)34(29,36-7)23-22-31(28)38-40(10,11)33(4,5)6/h19,26,28-31,35H,12-18,22-25H2,1-11H3/b27-19-/t28-,29-,30?,31-,34+/m0/s1. The second kappa shape index (κ2) is 13.1. The number of allylic oxidation sites excluding steroid dienone is 1. The van der Waals surface area contributed by atoms with E-state index in [4.69, 9.17) is 13.6 Å². The van der Waals surface area contributed by atoms with Crippen molar-refractivity contribution >= 4 is 16.6 Å². The molecule has 3 fully saturated rings. The smallest absolute Gasteiger partial charge is 0.193 e. The first-order valence-electron chi connectivity index (χ1n) is 16.2. The van der Waals surface area contributed by atoms with Crippen LogP contribution in [-0.2, 0) is 13.6 Å².